The van der Waals surface area contributed by atoms with Crippen molar-refractivity contribution in [2.75, 3.05) is 39.8 Å². The SMILES string of the molecule is CN1CCN(C(=O)C2CC(=O)c3cc(Cl)ccc32)C(C)(N2CCCC2)C1. The second-order valence-corrected chi connectivity index (χ2v) is 8.49. The van der Waals surface area contributed by atoms with Gasteiger partial charge in [-0.2, -0.15) is 0 Å². The van der Waals surface area contributed by atoms with Gasteiger partial charge in [0.1, 0.15) is 5.66 Å². The summed E-state index contributed by atoms with van der Waals surface area (Å²) >= 11 is 6.05. The highest BCUT2D eigenvalue weighted by Crippen LogP contribution is 2.39. The fourth-order valence-electron chi connectivity index (χ4n) is 4.89. The highest BCUT2D eigenvalue weighted by Gasteiger charge is 2.48. The van der Waals surface area contributed by atoms with E-state index in [1.807, 2.05) is 11.0 Å². The minimum Gasteiger partial charge on any atom is -0.321 e. The van der Waals surface area contributed by atoms with Gasteiger partial charge in [0, 0.05) is 49.7 Å². The van der Waals surface area contributed by atoms with Gasteiger partial charge < -0.3 is 9.80 Å². The number of amides is 1. The van der Waals surface area contributed by atoms with Crippen molar-refractivity contribution in [1.82, 2.24) is 14.7 Å². The molecule has 1 aliphatic carbocycles. The van der Waals surface area contributed by atoms with Crippen molar-refractivity contribution >= 4 is 23.3 Å². The van der Waals surface area contributed by atoms with Crippen LogP contribution in [0.2, 0.25) is 5.02 Å². The number of rotatable bonds is 2. The lowest BCUT2D eigenvalue weighted by molar-refractivity contribution is -0.155. The number of ketones is 1. The fraction of sp³-hybridized carbons (Fsp3) is 0.600. The molecule has 0 radical (unpaired) electrons. The molecule has 0 N–H and O–H groups in total. The maximum absolute atomic E-state index is 13.6. The van der Waals surface area contributed by atoms with Crippen LogP contribution in [-0.2, 0) is 4.79 Å². The molecule has 5 nitrogen and oxygen atoms in total. The number of likely N-dealkylation sites (N-methyl/N-ethyl adjacent to an activating group) is 1. The number of carbonyl (C=O) groups is 2. The zero-order chi connectivity index (χ0) is 18.5. The number of halogens is 1. The summed E-state index contributed by atoms with van der Waals surface area (Å²) in [7, 11) is 2.12. The van der Waals surface area contributed by atoms with Crippen molar-refractivity contribution in [3.05, 3.63) is 34.3 Å². The normalized spacial score (nSPS) is 30.0. The van der Waals surface area contributed by atoms with Crippen LogP contribution in [0.5, 0.6) is 0 Å². The molecule has 1 aromatic carbocycles. The molecule has 2 fully saturated rings. The summed E-state index contributed by atoms with van der Waals surface area (Å²) in [5.41, 5.74) is 1.15. The van der Waals surface area contributed by atoms with Gasteiger partial charge in [0.05, 0.1) is 5.92 Å². The topological polar surface area (TPSA) is 43.9 Å². The van der Waals surface area contributed by atoms with Crippen molar-refractivity contribution in [2.24, 2.45) is 0 Å². The standard InChI is InChI=1S/C20H26ClN3O2/c1-20(23-7-3-4-8-23)13-22(2)9-10-24(20)19(26)17-12-18(25)16-11-14(21)5-6-15(16)17/h5-6,11,17H,3-4,7-10,12-13H2,1-2H3. The number of hydrogen-bond acceptors (Lipinski definition) is 4. The van der Waals surface area contributed by atoms with E-state index in [0.29, 0.717) is 17.1 Å². The molecular weight excluding hydrogens is 350 g/mol. The van der Waals surface area contributed by atoms with Gasteiger partial charge in [0.2, 0.25) is 5.91 Å². The number of hydrogen-bond donors (Lipinski definition) is 0. The number of fused-ring (bicyclic) bond motifs is 1. The van der Waals surface area contributed by atoms with Gasteiger partial charge in [-0.3, -0.25) is 14.5 Å². The molecule has 0 bridgehead atoms. The van der Waals surface area contributed by atoms with E-state index in [4.69, 9.17) is 11.6 Å². The molecule has 2 aliphatic heterocycles. The van der Waals surface area contributed by atoms with Crippen LogP contribution in [0.4, 0.5) is 0 Å². The largest absolute Gasteiger partial charge is 0.321 e. The van der Waals surface area contributed by atoms with E-state index in [0.717, 1.165) is 31.7 Å². The van der Waals surface area contributed by atoms with Crippen LogP contribution in [-0.4, -0.2) is 71.8 Å². The van der Waals surface area contributed by atoms with E-state index < -0.39 is 0 Å². The number of nitrogens with zero attached hydrogens (tertiary/aromatic N) is 3. The molecule has 0 aromatic heterocycles. The van der Waals surface area contributed by atoms with Gasteiger partial charge in [0.15, 0.2) is 5.78 Å². The fourth-order valence-corrected chi connectivity index (χ4v) is 5.06. The van der Waals surface area contributed by atoms with Crippen molar-refractivity contribution in [3.8, 4) is 0 Å². The van der Waals surface area contributed by atoms with Gasteiger partial charge >= 0.3 is 0 Å². The first-order valence-electron chi connectivity index (χ1n) is 9.48. The smallest absolute Gasteiger partial charge is 0.232 e. The van der Waals surface area contributed by atoms with Crippen molar-refractivity contribution < 1.29 is 9.59 Å². The van der Waals surface area contributed by atoms with Gasteiger partial charge in [-0.15, -0.1) is 0 Å². The third-order valence-corrected chi connectivity index (χ3v) is 6.52. The summed E-state index contributed by atoms with van der Waals surface area (Å²) in [4.78, 5) is 32.8. The molecule has 1 amide bonds. The molecular formula is C20H26ClN3O2. The Morgan fingerprint density at radius 3 is 2.65 bits per heavy atom. The summed E-state index contributed by atoms with van der Waals surface area (Å²) in [6, 6.07) is 5.34. The summed E-state index contributed by atoms with van der Waals surface area (Å²) in [6.07, 6.45) is 2.63. The molecule has 140 valence electrons. The molecule has 2 unspecified atom stereocenters. The summed E-state index contributed by atoms with van der Waals surface area (Å²) in [5, 5.41) is 0.548. The summed E-state index contributed by atoms with van der Waals surface area (Å²) < 4.78 is 0. The monoisotopic (exact) mass is 375 g/mol. The van der Waals surface area contributed by atoms with Gasteiger partial charge in [0.25, 0.3) is 0 Å². The number of benzene rings is 1. The van der Waals surface area contributed by atoms with Gasteiger partial charge in [-0.1, -0.05) is 17.7 Å². The first-order valence-corrected chi connectivity index (χ1v) is 9.86. The summed E-state index contributed by atoms with van der Waals surface area (Å²) in [5.74, 6) is -0.264. The highest BCUT2D eigenvalue weighted by atomic mass is 35.5. The average Bonchev–Trinajstić information content (AvgIpc) is 3.24. The zero-order valence-corrected chi connectivity index (χ0v) is 16.3. The Hall–Kier alpha value is -1.43. The van der Waals surface area contributed by atoms with Crippen LogP contribution >= 0.6 is 11.6 Å². The van der Waals surface area contributed by atoms with Crippen LogP contribution in [0.25, 0.3) is 0 Å². The second kappa shape index (κ2) is 6.63. The van der Waals surface area contributed by atoms with Crippen LogP contribution in [0, 0.1) is 0 Å². The number of Topliss-reactive ketones (excluding diaryl/α,β-unsaturated/α-hetero) is 1. The minimum atomic E-state index is -0.375. The lowest BCUT2D eigenvalue weighted by Crippen LogP contribution is -2.69. The van der Waals surface area contributed by atoms with Crippen LogP contribution in [0.1, 0.15) is 48.0 Å². The molecule has 26 heavy (non-hydrogen) atoms. The lowest BCUT2D eigenvalue weighted by atomic mass is 9.96. The minimum absolute atomic E-state index is 0.0258. The Bertz CT molecular complexity index is 747. The molecule has 3 aliphatic rings. The number of carbonyl (C=O) groups excluding carboxylic acids is 2. The van der Waals surface area contributed by atoms with Crippen molar-refractivity contribution in [1.29, 1.82) is 0 Å². The predicted octanol–water partition coefficient (Wildman–Crippen LogP) is 2.60. The first kappa shape index (κ1) is 18.0. The van der Waals surface area contributed by atoms with E-state index >= 15 is 0 Å². The van der Waals surface area contributed by atoms with Crippen LogP contribution in [0.15, 0.2) is 18.2 Å². The Morgan fingerprint density at radius 2 is 1.92 bits per heavy atom. The van der Waals surface area contributed by atoms with E-state index in [2.05, 4.69) is 23.8 Å². The maximum Gasteiger partial charge on any atom is 0.232 e. The van der Waals surface area contributed by atoms with E-state index in [1.54, 1.807) is 12.1 Å². The Kier molecular flexibility index (Phi) is 4.58. The first-order chi connectivity index (χ1) is 12.4. The Morgan fingerprint density at radius 1 is 1.19 bits per heavy atom. The van der Waals surface area contributed by atoms with Crippen LogP contribution < -0.4 is 0 Å². The Labute approximate surface area is 159 Å². The van der Waals surface area contributed by atoms with Gasteiger partial charge in [-0.25, -0.2) is 0 Å². The molecule has 2 atom stereocenters. The quantitative estimate of drug-likeness (QED) is 0.797. The Balaban J connectivity index is 1.66. The van der Waals surface area contributed by atoms with E-state index in [9.17, 15) is 9.59 Å². The molecule has 4 rings (SSSR count). The molecule has 2 heterocycles. The predicted molar refractivity (Wildman–Crippen MR) is 102 cm³/mol. The molecule has 2 saturated heterocycles. The summed E-state index contributed by atoms with van der Waals surface area (Å²) in [6.45, 7) is 6.66. The number of likely N-dealkylation sites (tertiary alicyclic amines) is 1. The average molecular weight is 376 g/mol. The molecule has 1 aromatic rings. The third-order valence-electron chi connectivity index (χ3n) is 6.29. The van der Waals surface area contributed by atoms with Crippen LogP contribution in [0.3, 0.4) is 0 Å². The zero-order valence-electron chi connectivity index (χ0n) is 15.5. The third kappa shape index (κ3) is 2.86. The molecule has 0 spiro atoms. The second-order valence-electron chi connectivity index (χ2n) is 8.05. The van der Waals surface area contributed by atoms with Gasteiger partial charge in [-0.05, 0) is 44.5 Å². The van der Waals surface area contributed by atoms with Crippen molar-refractivity contribution in [3.63, 3.8) is 0 Å². The molecule has 6 heteroatoms. The van der Waals surface area contributed by atoms with Crippen molar-refractivity contribution in [2.45, 2.75) is 37.8 Å². The maximum atomic E-state index is 13.6. The lowest BCUT2D eigenvalue weighted by Gasteiger charge is -2.53. The highest BCUT2D eigenvalue weighted by molar-refractivity contribution is 6.31. The van der Waals surface area contributed by atoms with E-state index in [1.165, 1.54) is 12.8 Å². The van der Waals surface area contributed by atoms with E-state index in [-0.39, 0.29) is 29.7 Å². The number of piperazine rings is 1. The molecule has 0 saturated carbocycles.